The molecule has 2 rings (SSSR count). The summed E-state index contributed by atoms with van der Waals surface area (Å²) in [5, 5.41) is 9.03. The standard InChI is InChI=1S/C14H12BrNO4S/c15-13-2-1-11(9-12(13)14(17)18)21(19,20)8-5-10-3-6-16-7-4-10/h1-4,6-7,9H,5,8H2,(H,17,18). The van der Waals surface area contributed by atoms with Crippen molar-refractivity contribution in [1.82, 2.24) is 4.98 Å². The molecule has 0 saturated heterocycles. The van der Waals surface area contributed by atoms with E-state index in [9.17, 15) is 13.2 Å². The van der Waals surface area contributed by atoms with Crippen molar-refractivity contribution in [1.29, 1.82) is 0 Å². The van der Waals surface area contributed by atoms with Gasteiger partial charge in [-0.3, -0.25) is 4.98 Å². The maximum absolute atomic E-state index is 12.3. The van der Waals surface area contributed by atoms with Gasteiger partial charge < -0.3 is 5.11 Å². The van der Waals surface area contributed by atoms with E-state index >= 15 is 0 Å². The normalized spacial score (nSPS) is 11.3. The number of carbonyl (C=O) groups is 1. The maximum Gasteiger partial charge on any atom is 0.336 e. The van der Waals surface area contributed by atoms with E-state index in [1.165, 1.54) is 18.2 Å². The lowest BCUT2D eigenvalue weighted by Crippen LogP contribution is -2.10. The molecule has 1 aromatic heterocycles. The van der Waals surface area contributed by atoms with Crippen LogP contribution in [0, 0.1) is 0 Å². The van der Waals surface area contributed by atoms with Gasteiger partial charge in [0, 0.05) is 16.9 Å². The van der Waals surface area contributed by atoms with Gasteiger partial charge >= 0.3 is 5.97 Å². The van der Waals surface area contributed by atoms with Crippen molar-refractivity contribution in [3.63, 3.8) is 0 Å². The number of aryl methyl sites for hydroxylation is 1. The molecule has 0 saturated carbocycles. The van der Waals surface area contributed by atoms with Crippen LogP contribution >= 0.6 is 15.9 Å². The Bertz CT molecular complexity index is 760. The van der Waals surface area contributed by atoms with Crippen LogP contribution in [0.15, 0.2) is 52.1 Å². The van der Waals surface area contributed by atoms with Crippen LogP contribution in [-0.2, 0) is 16.3 Å². The van der Waals surface area contributed by atoms with Crippen molar-refractivity contribution in [2.45, 2.75) is 11.3 Å². The van der Waals surface area contributed by atoms with Gasteiger partial charge in [0.1, 0.15) is 0 Å². The van der Waals surface area contributed by atoms with E-state index in [1.807, 2.05) is 0 Å². The highest BCUT2D eigenvalue weighted by Gasteiger charge is 2.18. The summed E-state index contributed by atoms with van der Waals surface area (Å²) < 4.78 is 24.9. The molecule has 5 nitrogen and oxygen atoms in total. The van der Waals surface area contributed by atoms with Crippen LogP contribution in [0.2, 0.25) is 0 Å². The van der Waals surface area contributed by atoms with Crippen LogP contribution in [0.1, 0.15) is 15.9 Å². The average Bonchev–Trinajstić information content (AvgIpc) is 2.46. The van der Waals surface area contributed by atoms with Gasteiger partial charge in [-0.15, -0.1) is 0 Å². The van der Waals surface area contributed by atoms with Crippen molar-refractivity contribution < 1.29 is 18.3 Å². The fourth-order valence-corrected chi connectivity index (χ4v) is 3.51. The molecule has 110 valence electrons. The Hall–Kier alpha value is -1.73. The summed E-state index contributed by atoms with van der Waals surface area (Å²) in [6, 6.07) is 7.51. The number of pyridine rings is 1. The number of sulfone groups is 1. The number of nitrogens with zero attached hydrogens (tertiary/aromatic N) is 1. The quantitative estimate of drug-likeness (QED) is 0.875. The first-order valence-electron chi connectivity index (χ1n) is 6.04. The molecule has 0 amide bonds. The molecule has 0 radical (unpaired) electrons. The lowest BCUT2D eigenvalue weighted by molar-refractivity contribution is 0.0695. The Morgan fingerprint density at radius 2 is 1.86 bits per heavy atom. The van der Waals surface area contributed by atoms with Gasteiger partial charge in [0.15, 0.2) is 9.84 Å². The number of carboxylic acids is 1. The van der Waals surface area contributed by atoms with Gasteiger partial charge in [-0.1, -0.05) is 0 Å². The molecule has 0 bridgehead atoms. The third kappa shape index (κ3) is 3.89. The molecule has 1 aromatic carbocycles. The Morgan fingerprint density at radius 1 is 1.19 bits per heavy atom. The Balaban J connectivity index is 2.24. The lowest BCUT2D eigenvalue weighted by Gasteiger charge is -2.07. The number of aromatic carboxylic acids is 1. The second-order valence-electron chi connectivity index (χ2n) is 4.37. The van der Waals surface area contributed by atoms with E-state index in [1.54, 1.807) is 24.5 Å². The number of benzene rings is 1. The molecule has 2 aromatic rings. The second kappa shape index (κ2) is 6.36. The first-order valence-corrected chi connectivity index (χ1v) is 8.49. The summed E-state index contributed by atoms with van der Waals surface area (Å²) in [5.41, 5.74) is 0.795. The number of aromatic nitrogens is 1. The Labute approximate surface area is 130 Å². The molecule has 0 aliphatic heterocycles. The van der Waals surface area contributed by atoms with Gasteiger partial charge in [-0.2, -0.15) is 0 Å². The highest BCUT2D eigenvalue weighted by atomic mass is 79.9. The largest absolute Gasteiger partial charge is 0.478 e. The average molecular weight is 370 g/mol. The topological polar surface area (TPSA) is 84.3 Å². The summed E-state index contributed by atoms with van der Waals surface area (Å²) in [6.07, 6.45) is 3.55. The third-order valence-corrected chi connectivity index (χ3v) is 5.34. The highest BCUT2D eigenvalue weighted by molar-refractivity contribution is 9.10. The monoisotopic (exact) mass is 369 g/mol. The summed E-state index contributed by atoms with van der Waals surface area (Å²) in [4.78, 5) is 14.9. The minimum atomic E-state index is -3.54. The molecule has 7 heteroatoms. The minimum Gasteiger partial charge on any atom is -0.478 e. The fourth-order valence-electron chi connectivity index (χ4n) is 1.78. The molecule has 0 unspecified atom stereocenters. The first kappa shape index (κ1) is 15.7. The summed E-state index contributed by atoms with van der Waals surface area (Å²) >= 11 is 3.09. The molecule has 1 heterocycles. The second-order valence-corrected chi connectivity index (χ2v) is 7.33. The summed E-state index contributed by atoms with van der Waals surface area (Å²) in [5.74, 6) is -1.26. The zero-order valence-electron chi connectivity index (χ0n) is 10.9. The number of carboxylic acid groups (broad SMARTS) is 1. The van der Waals surface area contributed by atoms with Gasteiger partial charge in [-0.25, -0.2) is 13.2 Å². The predicted octanol–water partition coefficient (Wildman–Crippen LogP) is 2.56. The SMILES string of the molecule is O=C(O)c1cc(S(=O)(=O)CCc2ccncc2)ccc1Br. The maximum atomic E-state index is 12.3. The van der Waals surface area contributed by atoms with Crippen LogP contribution in [0.5, 0.6) is 0 Å². The third-order valence-electron chi connectivity index (χ3n) is 2.94. The fraction of sp³-hybridized carbons (Fsp3) is 0.143. The molecular weight excluding hydrogens is 358 g/mol. The zero-order chi connectivity index (χ0) is 15.5. The molecule has 0 aliphatic rings. The molecular formula is C14H12BrNO4S. The number of halogens is 1. The van der Waals surface area contributed by atoms with Crippen molar-refractivity contribution in [2.75, 3.05) is 5.75 Å². The Morgan fingerprint density at radius 3 is 2.48 bits per heavy atom. The van der Waals surface area contributed by atoms with Crippen LogP contribution in [-0.4, -0.2) is 30.2 Å². The van der Waals surface area contributed by atoms with Crippen LogP contribution in [0.25, 0.3) is 0 Å². The van der Waals surface area contributed by atoms with Crippen molar-refractivity contribution in [2.24, 2.45) is 0 Å². The highest BCUT2D eigenvalue weighted by Crippen LogP contribution is 2.22. The molecule has 0 spiro atoms. The van der Waals surface area contributed by atoms with Crippen molar-refractivity contribution >= 4 is 31.7 Å². The van der Waals surface area contributed by atoms with E-state index in [2.05, 4.69) is 20.9 Å². The van der Waals surface area contributed by atoms with Crippen LogP contribution in [0.4, 0.5) is 0 Å². The number of hydrogen-bond acceptors (Lipinski definition) is 4. The van der Waals surface area contributed by atoms with Gasteiger partial charge in [0.25, 0.3) is 0 Å². The van der Waals surface area contributed by atoms with E-state index in [0.29, 0.717) is 10.9 Å². The molecule has 1 N–H and O–H groups in total. The van der Waals surface area contributed by atoms with E-state index in [0.717, 1.165) is 5.56 Å². The molecule has 0 aliphatic carbocycles. The summed E-state index contributed by atoms with van der Waals surface area (Å²) in [6.45, 7) is 0. The Kier molecular flexibility index (Phi) is 4.74. The minimum absolute atomic E-state index is 0.0113. The van der Waals surface area contributed by atoms with Gasteiger partial charge in [0.2, 0.25) is 0 Å². The molecule has 0 atom stereocenters. The van der Waals surface area contributed by atoms with Crippen LogP contribution in [0.3, 0.4) is 0 Å². The predicted molar refractivity (Wildman–Crippen MR) is 81.1 cm³/mol. The van der Waals surface area contributed by atoms with Crippen molar-refractivity contribution in [3.8, 4) is 0 Å². The lowest BCUT2D eigenvalue weighted by atomic mass is 10.2. The smallest absolute Gasteiger partial charge is 0.336 e. The van der Waals surface area contributed by atoms with E-state index in [-0.39, 0.29) is 16.2 Å². The number of hydrogen-bond donors (Lipinski definition) is 1. The zero-order valence-corrected chi connectivity index (χ0v) is 13.3. The summed E-state index contributed by atoms with van der Waals surface area (Å²) in [7, 11) is -3.54. The van der Waals surface area contributed by atoms with E-state index < -0.39 is 15.8 Å². The molecule has 21 heavy (non-hydrogen) atoms. The number of rotatable bonds is 5. The van der Waals surface area contributed by atoms with Crippen LogP contribution < -0.4 is 0 Å². The van der Waals surface area contributed by atoms with E-state index in [4.69, 9.17) is 5.11 Å². The van der Waals surface area contributed by atoms with Crippen molar-refractivity contribution in [3.05, 3.63) is 58.3 Å². The first-order chi connectivity index (χ1) is 9.90. The van der Waals surface area contributed by atoms with Gasteiger partial charge in [0.05, 0.1) is 16.2 Å². The van der Waals surface area contributed by atoms with Gasteiger partial charge in [-0.05, 0) is 58.2 Å². The molecule has 0 fully saturated rings.